The Hall–Kier alpha value is -3.40. The van der Waals surface area contributed by atoms with Crippen molar-refractivity contribution in [2.45, 2.75) is 76.0 Å². The Kier molecular flexibility index (Phi) is 7.89. The van der Waals surface area contributed by atoms with Crippen LogP contribution in [0.3, 0.4) is 0 Å². The number of piperidine rings is 1. The molecule has 10 heteroatoms. The molecule has 0 bridgehead atoms. The van der Waals surface area contributed by atoms with E-state index in [4.69, 9.17) is 5.73 Å². The third-order valence-corrected chi connectivity index (χ3v) is 9.84. The number of nitrogens with zero attached hydrogens (tertiary/aromatic N) is 2. The molecule has 7 nitrogen and oxygen atoms in total. The summed E-state index contributed by atoms with van der Waals surface area (Å²) in [5.74, 6) is -1.73. The van der Waals surface area contributed by atoms with Crippen LogP contribution >= 0.6 is 0 Å². The van der Waals surface area contributed by atoms with E-state index in [9.17, 15) is 27.6 Å². The quantitative estimate of drug-likeness (QED) is 0.504. The summed E-state index contributed by atoms with van der Waals surface area (Å²) in [7, 11) is 1.79. The van der Waals surface area contributed by atoms with Gasteiger partial charge in [0.1, 0.15) is 0 Å². The van der Waals surface area contributed by atoms with E-state index in [1.54, 1.807) is 18.0 Å². The molecule has 5 rings (SSSR count). The normalized spacial score (nSPS) is 25.0. The number of para-hydroxylation sites is 1. The van der Waals surface area contributed by atoms with Crippen LogP contribution in [-0.2, 0) is 32.4 Å². The lowest BCUT2D eigenvalue weighted by Gasteiger charge is -2.42. The van der Waals surface area contributed by atoms with Gasteiger partial charge in [-0.15, -0.1) is 0 Å². The summed E-state index contributed by atoms with van der Waals surface area (Å²) < 4.78 is 40.5. The van der Waals surface area contributed by atoms with Gasteiger partial charge in [-0.05, 0) is 82.7 Å². The van der Waals surface area contributed by atoms with Gasteiger partial charge in [0.25, 0.3) is 0 Å². The highest BCUT2D eigenvalue weighted by Gasteiger charge is 2.54. The largest absolute Gasteiger partial charge is 0.416 e. The van der Waals surface area contributed by atoms with Crippen molar-refractivity contribution in [1.29, 1.82) is 0 Å². The van der Waals surface area contributed by atoms with Gasteiger partial charge in [-0.1, -0.05) is 36.4 Å². The van der Waals surface area contributed by atoms with E-state index in [2.05, 4.69) is 5.32 Å². The Morgan fingerprint density at radius 1 is 1.07 bits per heavy atom. The van der Waals surface area contributed by atoms with Gasteiger partial charge in [-0.2, -0.15) is 13.2 Å². The first kappa shape index (κ1) is 30.1. The molecule has 3 aliphatic rings. The SMILES string of the molecule is CNC1CCC(C(N)=O)([C@H](Cc2cccc(C(F)(F)F)c2)C(=O)N2CCC(N3C(=O)C(C)(C)c4ccccc43)CC2)C1. The van der Waals surface area contributed by atoms with Crippen molar-refractivity contribution in [3.8, 4) is 0 Å². The molecule has 2 aliphatic heterocycles. The number of carbonyl (C=O) groups excluding carboxylic acids is 3. The number of amides is 3. The van der Waals surface area contributed by atoms with Crippen LogP contribution in [-0.4, -0.2) is 54.8 Å². The molecule has 2 fully saturated rings. The zero-order valence-electron chi connectivity index (χ0n) is 24.3. The van der Waals surface area contributed by atoms with Crippen LogP contribution < -0.4 is 16.0 Å². The second-order valence-corrected chi connectivity index (χ2v) is 12.6. The third kappa shape index (κ3) is 5.18. The number of nitrogens with one attached hydrogen (secondary N) is 1. The Bertz CT molecular complexity index is 1370. The van der Waals surface area contributed by atoms with Crippen molar-refractivity contribution in [2.24, 2.45) is 17.1 Å². The lowest BCUT2D eigenvalue weighted by atomic mass is 9.69. The first-order chi connectivity index (χ1) is 19.8. The van der Waals surface area contributed by atoms with Gasteiger partial charge in [0, 0.05) is 30.9 Å². The highest BCUT2D eigenvalue weighted by molar-refractivity contribution is 6.08. The van der Waals surface area contributed by atoms with E-state index >= 15 is 0 Å². The lowest BCUT2D eigenvalue weighted by molar-refractivity contribution is -0.148. The van der Waals surface area contributed by atoms with Crippen molar-refractivity contribution in [2.75, 3.05) is 25.0 Å². The van der Waals surface area contributed by atoms with Crippen LogP contribution in [0.4, 0.5) is 18.9 Å². The van der Waals surface area contributed by atoms with Crippen molar-refractivity contribution in [3.05, 3.63) is 65.2 Å². The number of benzene rings is 2. The van der Waals surface area contributed by atoms with Gasteiger partial charge in [0.15, 0.2) is 0 Å². The molecular weight excluding hydrogens is 545 g/mol. The average Bonchev–Trinajstić information content (AvgIpc) is 3.49. The number of carbonyl (C=O) groups is 3. The fourth-order valence-corrected chi connectivity index (χ4v) is 7.33. The Labute approximate surface area is 244 Å². The second-order valence-electron chi connectivity index (χ2n) is 12.6. The summed E-state index contributed by atoms with van der Waals surface area (Å²) in [6.07, 6.45) is -2.06. The van der Waals surface area contributed by atoms with Crippen molar-refractivity contribution >= 4 is 23.4 Å². The molecule has 3 N–H and O–H groups in total. The van der Waals surface area contributed by atoms with E-state index in [1.807, 2.05) is 43.0 Å². The summed E-state index contributed by atoms with van der Waals surface area (Å²) in [6, 6.07) is 12.6. The smallest absolute Gasteiger partial charge is 0.369 e. The van der Waals surface area contributed by atoms with Crippen molar-refractivity contribution in [3.63, 3.8) is 0 Å². The molecule has 2 aromatic rings. The van der Waals surface area contributed by atoms with Crippen LogP contribution in [0.25, 0.3) is 0 Å². The Morgan fingerprint density at radius 3 is 2.38 bits per heavy atom. The Morgan fingerprint density at radius 2 is 1.76 bits per heavy atom. The molecule has 0 radical (unpaired) electrons. The van der Waals surface area contributed by atoms with Gasteiger partial charge < -0.3 is 20.9 Å². The predicted octanol–water partition coefficient (Wildman–Crippen LogP) is 4.42. The van der Waals surface area contributed by atoms with Gasteiger partial charge in [0.05, 0.1) is 22.3 Å². The number of fused-ring (bicyclic) bond motifs is 1. The fourth-order valence-electron chi connectivity index (χ4n) is 7.33. The molecule has 1 saturated heterocycles. The Balaban J connectivity index is 1.40. The topological polar surface area (TPSA) is 95.7 Å². The summed E-state index contributed by atoms with van der Waals surface area (Å²) in [6.45, 7) is 4.60. The molecule has 0 spiro atoms. The number of likely N-dealkylation sites (tertiary alicyclic amines) is 1. The highest BCUT2D eigenvalue weighted by atomic mass is 19.4. The lowest BCUT2D eigenvalue weighted by Crippen LogP contribution is -2.54. The number of alkyl halides is 3. The highest BCUT2D eigenvalue weighted by Crippen LogP contribution is 2.48. The van der Waals surface area contributed by atoms with Crippen molar-refractivity contribution < 1.29 is 27.6 Å². The van der Waals surface area contributed by atoms with E-state index in [1.165, 1.54) is 6.07 Å². The van der Waals surface area contributed by atoms with Gasteiger partial charge in [-0.3, -0.25) is 14.4 Å². The van der Waals surface area contributed by atoms with Crippen LogP contribution in [0, 0.1) is 11.3 Å². The number of anilines is 1. The average molecular weight is 585 g/mol. The molecule has 226 valence electrons. The monoisotopic (exact) mass is 584 g/mol. The molecule has 2 unspecified atom stereocenters. The fraction of sp³-hybridized carbons (Fsp3) is 0.531. The van der Waals surface area contributed by atoms with E-state index in [-0.39, 0.29) is 30.3 Å². The zero-order chi connectivity index (χ0) is 30.4. The summed E-state index contributed by atoms with van der Waals surface area (Å²) in [4.78, 5) is 44.4. The minimum Gasteiger partial charge on any atom is -0.369 e. The van der Waals surface area contributed by atoms with E-state index < -0.39 is 34.4 Å². The minimum absolute atomic E-state index is 0.0196. The van der Waals surface area contributed by atoms with Crippen LogP contribution in [0.15, 0.2) is 48.5 Å². The first-order valence-corrected chi connectivity index (χ1v) is 14.6. The maximum atomic E-state index is 14.3. The number of hydrogen-bond donors (Lipinski definition) is 2. The maximum absolute atomic E-state index is 14.3. The number of hydrogen-bond acceptors (Lipinski definition) is 4. The standard InChI is InChI=1S/C32H39F3N4O3/c1-30(2)24-9-4-5-10-26(24)39(29(30)42)23-12-15-38(16-13-23)27(40)25(31(28(36)41)14-11-22(19-31)37-3)18-20-7-6-8-21(17-20)32(33,34)35/h4-10,17,22-23,25,37H,11-16,18-19H2,1-3H3,(H2,36,41)/t22?,25-,31?/m1/s1. The van der Waals surface area contributed by atoms with Crippen LogP contribution in [0.5, 0.6) is 0 Å². The summed E-state index contributed by atoms with van der Waals surface area (Å²) in [5, 5.41) is 3.18. The molecule has 1 saturated carbocycles. The summed E-state index contributed by atoms with van der Waals surface area (Å²) in [5.41, 5.74) is 5.62. The number of primary amides is 1. The number of nitrogens with two attached hydrogens (primary N) is 1. The van der Waals surface area contributed by atoms with E-state index in [0.717, 1.165) is 23.4 Å². The van der Waals surface area contributed by atoms with Gasteiger partial charge in [-0.25, -0.2) is 0 Å². The van der Waals surface area contributed by atoms with Crippen LogP contribution in [0.2, 0.25) is 0 Å². The molecule has 3 atom stereocenters. The van der Waals surface area contributed by atoms with E-state index in [0.29, 0.717) is 50.8 Å². The number of halogens is 3. The first-order valence-electron chi connectivity index (χ1n) is 14.6. The molecule has 1 aliphatic carbocycles. The molecule has 42 heavy (non-hydrogen) atoms. The maximum Gasteiger partial charge on any atom is 0.416 e. The molecular formula is C32H39F3N4O3. The van der Waals surface area contributed by atoms with Gasteiger partial charge in [0.2, 0.25) is 17.7 Å². The molecule has 3 amide bonds. The van der Waals surface area contributed by atoms with Crippen molar-refractivity contribution in [1.82, 2.24) is 10.2 Å². The van der Waals surface area contributed by atoms with Crippen LogP contribution in [0.1, 0.15) is 62.6 Å². The second kappa shape index (κ2) is 11.0. The zero-order valence-corrected chi connectivity index (χ0v) is 24.3. The predicted molar refractivity (Wildman–Crippen MR) is 154 cm³/mol. The van der Waals surface area contributed by atoms with Gasteiger partial charge >= 0.3 is 6.18 Å². The summed E-state index contributed by atoms with van der Waals surface area (Å²) >= 11 is 0. The molecule has 2 aromatic carbocycles. The molecule has 2 heterocycles. The third-order valence-electron chi connectivity index (χ3n) is 9.84. The number of rotatable bonds is 7. The molecule has 0 aromatic heterocycles. The minimum atomic E-state index is -4.52.